The minimum atomic E-state index is -3.20. The monoisotopic (exact) mass is 508 g/mol. The summed E-state index contributed by atoms with van der Waals surface area (Å²) in [5.74, 6) is 1.33. The summed E-state index contributed by atoms with van der Waals surface area (Å²) in [6.07, 6.45) is 5.24. The number of piperidine rings is 1. The lowest BCUT2D eigenvalue weighted by molar-refractivity contribution is 0.330. The maximum atomic E-state index is 11.6. The predicted octanol–water partition coefficient (Wildman–Crippen LogP) is 0.0198. The molecule has 2 N–H and O–H groups in total. The summed E-state index contributed by atoms with van der Waals surface area (Å²) >= 11 is 0. The summed E-state index contributed by atoms with van der Waals surface area (Å²) in [6, 6.07) is 0. The van der Waals surface area contributed by atoms with Crippen molar-refractivity contribution in [2.45, 2.75) is 25.7 Å². The zero-order chi connectivity index (χ0) is 17.6. The second-order valence-electron chi connectivity index (χ2n) is 6.57. The van der Waals surface area contributed by atoms with Gasteiger partial charge < -0.3 is 10.2 Å². The molecule has 8 nitrogen and oxygen atoms in total. The molecule has 2 aliphatic heterocycles. The van der Waals surface area contributed by atoms with E-state index in [2.05, 4.69) is 19.9 Å². The second kappa shape index (κ2) is 10.3. The van der Waals surface area contributed by atoms with Gasteiger partial charge in [-0.1, -0.05) is 0 Å². The van der Waals surface area contributed by atoms with Crippen LogP contribution in [0.25, 0.3) is 0 Å². The molecule has 0 aromatic rings. The highest BCUT2D eigenvalue weighted by Crippen LogP contribution is 2.18. The van der Waals surface area contributed by atoms with Crippen molar-refractivity contribution in [3.05, 3.63) is 0 Å². The average Bonchev–Trinajstić information content (AvgIpc) is 2.85. The van der Waals surface area contributed by atoms with Gasteiger partial charge in [0.25, 0.3) is 0 Å². The third kappa shape index (κ3) is 8.87. The number of nitrogens with zero attached hydrogens (tertiary/aromatic N) is 2. The third-order valence-corrected chi connectivity index (χ3v) is 6.82. The van der Waals surface area contributed by atoms with Gasteiger partial charge in [-0.15, -0.1) is 24.0 Å². The first-order valence-electron chi connectivity index (χ1n) is 8.43. The first kappa shape index (κ1) is 22.9. The molecule has 11 heteroatoms. The van der Waals surface area contributed by atoms with Gasteiger partial charge in [-0.05, 0) is 31.6 Å². The molecule has 1 atom stereocenters. The van der Waals surface area contributed by atoms with E-state index in [1.807, 2.05) is 0 Å². The lowest BCUT2D eigenvalue weighted by Crippen LogP contribution is -2.46. The Labute approximate surface area is 168 Å². The van der Waals surface area contributed by atoms with Crippen LogP contribution in [0.1, 0.15) is 25.7 Å². The van der Waals surface area contributed by atoms with Crippen molar-refractivity contribution in [1.29, 1.82) is 0 Å². The van der Waals surface area contributed by atoms with E-state index in [0.29, 0.717) is 26.1 Å². The number of likely N-dealkylation sites (tertiary alicyclic amines) is 1. The van der Waals surface area contributed by atoms with Crippen LogP contribution >= 0.6 is 24.0 Å². The Morgan fingerprint density at radius 1 is 1.20 bits per heavy atom. The quantitative estimate of drug-likeness (QED) is 0.227. The van der Waals surface area contributed by atoms with Crippen LogP contribution in [0.15, 0.2) is 4.99 Å². The number of aliphatic imine (C=N–C) groups is 1. The topological polar surface area (TPSA) is 108 Å². The standard InChI is InChI=1S/C14H28N4O4S2.HI/c1-23(19,20)17-7-6-15-14(18-8-3-2-4-9-18)16-11-13-5-10-24(21,22)12-13;/h13,17H,2-12H2,1H3,(H,15,16);1H. The Morgan fingerprint density at radius 2 is 1.88 bits per heavy atom. The van der Waals surface area contributed by atoms with Gasteiger partial charge in [-0.2, -0.15) is 0 Å². The summed E-state index contributed by atoms with van der Waals surface area (Å²) in [5, 5.41) is 3.21. The normalized spacial score (nSPS) is 24.0. The molecule has 1 unspecified atom stereocenters. The van der Waals surface area contributed by atoms with Crippen molar-refractivity contribution < 1.29 is 16.8 Å². The molecule has 25 heavy (non-hydrogen) atoms. The minimum Gasteiger partial charge on any atom is -0.355 e. The molecule has 2 rings (SSSR count). The van der Waals surface area contributed by atoms with Crippen molar-refractivity contribution in [3.63, 3.8) is 0 Å². The SMILES string of the molecule is CS(=O)(=O)NCCNC(=NCC1CCS(=O)(=O)C1)N1CCCCC1.I. The fourth-order valence-corrected chi connectivity index (χ4v) is 5.34. The van der Waals surface area contributed by atoms with Gasteiger partial charge in [-0.25, -0.2) is 21.6 Å². The van der Waals surface area contributed by atoms with Crippen molar-refractivity contribution in [1.82, 2.24) is 14.9 Å². The third-order valence-electron chi connectivity index (χ3n) is 4.25. The number of guanidine groups is 1. The zero-order valence-electron chi connectivity index (χ0n) is 14.6. The van der Waals surface area contributed by atoms with Crippen LogP contribution in [-0.4, -0.2) is 78.2 Å². The van der Waals surface area contributed by atoms with Crippen LogP contribution < -0.4 is 10.0 Å². The summed E-state index contributed by atoms with van der Waals surface area (Å²) in [4.78, 5) is 6.79. The van der Waals surface area contributed by atoms with Crippen molar-refractivity contribution in [2.75, 3.05) is 50.5 Å². The van der Waals surface area contributed by atoms with Gasteiger partial charge in [0.1, 0.15) is 0 Å². The highest BCUT2D eigenvalue weighted by atomic mass is 127. The van der Waals surface area contributed by atoms with E-state index in [-0.39, 0.29) is 41.4 Å². The van der Waals surface area contributed by atoms with Gasteiger partial charge in [0.15, 0.2) is 15.8 Å². The van der Waals surface area contributed by atoms with Crippen LogP contribution in [0, 0.1) is 5.92 Å². The number of rotatable bonds is 6. The first-order chi connectivity index (χ1) is 11.3. The molecule has 0 saturated carbocycles. The van der Waals surface area contributed by atoms with E-state index in [4.69, 9.17) is 0 Å². The van der Waals surface area contributed by atoms with E-state index in [9.17, 15) is 16.8 Å². The highest BCUT2D eigenvalue weighted by molar-refractivity contribution is 14.0. The van der Waals surface area contributed by atoms with E-state index in [1.54, 1.807) is 0 Å². The number of nitrogens with one attached hydrogen (secondary N) is 2. The van der Waals surface area contributed by atoms with Crippen LogP contribution in [-0.2, 0) is 19.9 Å². The Bertz CT molecular complexity index is 646. The van der Waals surface area contributed by atoms with Crippen molar-refractivity contribution in [2.24, 2.45) is 10.9 Å². The molecule has 0 spiro atoms. The number of hydrogen-bond acceptors (Lipinski definition) is 5. The molecule has 2 fully saturated rings. The van der Waals surface area contributed by atoms with Crippen LogP contribution in [0.5, 0.6) is 0 Å². The smallest absolute Gasteiger partial charge is 0.208 e. The maximum Gasteiger partial charge on any atom is 0.208 e. The Morgan fingerprint density at radius 3 is 2.44 bits per heavy atom. The zero-order valence-corrected chi connectivity index (χ0v) is 18.6. The van der Waals surface area contributed by atoms with Gasteiger partial charge in [-0.3, -0.25) is 4.99 Å². The Hall–Kier alpha value is -0.140. The molecule has 0 amide bonds. The largest absolute Gasteiger partial charge is 0.355 e. The van der Waals surface area contributed by atoms with E-state index >= 15 is 0 Å². The number of hydrogen-bond donors (Lipinski definition) is 2. The van der Waals surface area contributed by atoms with Crippen LogP contribution in [0.3, 0.4) is 0 Å². The fourth-order valence-electron chi connectivity index (χ4n) is 3.02. The molecular weight excluding hydrogens is 479 g/mol. The molecule has 0 aromatic heterocycles. The Kier molecular flexibility index (Phi) is 9.40. The van der Waals surface area contributed by atoms with Crippen LogP contribution in [0.4, 0.5) is 0 Å². The van der Waals surface area contributed by atoms with Gasteiger partial charge in [0, 0.05) is 32.7 Å². The highest BCUT2D eigenvalue weighted by Gasteiger charge is 2.27. The van der Waals surface area contributed by atoms with Crippen molar-refractivity contribution >= 4 is 49.8 Å². The molecule has 0 bridgehead atoms. The summed E-state index contributed by atoms with van der Waals surface area (Å²) < 4.78 is 47.8. The second-order valence-corrected chi connectivity index (χ2v) is 10.6. The molecule has 0 aliphatic carbocycles. The number of sulfone groups is 1. The molecule has 0 aromatic carbocycles. The molecule has 2 heterocycles. The molecular formula is C14H29IN4O4S2. The summed E-state index contributed by atoms with van der Waals surface area (Å²) in [7, 11) is -6.08. The first-order valence-corrected chi connectivity index (χ1v) is 12.1. The van der Waals surface area contributed by atoms with Gasteiger partial charge in [0.2, 0.25) is 10.0 Å². The van der Waals surface area contributed by atoms with E-state index in [0.717, 1.165) is 38.1 Å². The van der Waals surface area contributed by atoms with E-state index in [1.165, 1.54) is 6.42 Å². The fraction of sp³-hybridized carbons (Fsp3) is 0.929. The van der Waals surface area contributed by atoms with Gasteiger partial charge in [0.05, 0.1) is 17.8 Å². The average molecular weight is 508 g/mol. The van der Waals surface area contributed by atoms with Gasteiger partial charge >= 0.3 is 0 Å². The Balaban J connectivity index is 0.00000312. The summed E-state index contributed by atoms with van der Waals surface area (Å²) in [5.41, 5.74) is 0. The molecule has 0 radical (unpaired) electrons. The predicted molar refractivity (Wildman–Crippen MR) is 111 cm³/mol. The van der Waals surface area contributed by atoms with E-state index < -0.39 is 19.9 Å². The van der Waals surface area contributed by atoms with Crippen LogP contribution in [0.2, 0.25) is 0 Å². The number of halogens is 1. The maximum absolute atomic E-state index is 11.6. The summed E-state index contributed by atoms with van der Waals surface area (Å²) in [6.45, 7) is 3.09. The lowest BCUT2D eigenvalue weighted by atomic mass is 10.1. The minimum absolute atomic E-state index is 0. The molecule has 148 valence electrons. The molecule has 2 saturated heterocycles. The molecule has 2 aliphatic rings. The van der Waals surface area contributed by atoms with Crippen molar-refractivity contribution in [3.8, 4) is 0 Å². The number of sulfonamides is 1. The lowest BCUT2D eigenvalue weighted by Gasteiger charge is -2.30.